The summed E-state index contributed by atoms with van der Waals surface area (Å²) in [5.41, 5.74) is 1.32. The van der Waals surface area contributed by atoms with Crippen LogP contribution in [0.5, 0.6) is 5.75 Å². The smallest absolute Gasteiger partial charge is 0.336 e. The molecule has 3 rings (SSSR count). The van der Waals surface area contributed by atoms with Crippen molar-refractivity contribution in [3.63, 3.8) is 0 Å². The van der Waals surface area contributed by atoms with Crippen LogP contribution in [0, 0.1) is 4.77 Å². The van der Waals surface area contributed by atoms with E-state index in [4.69, 9.17) is 17.0 Å². The van der Waals surface area contributed by atoms with Crippen LogP contribution in [0.1, 0.15) is 15.9 Å². The minimum absolute atomic E-state index is 0.153. The van der Waals surface area contributed by atoms with Crippen molar-refractivity contribution in [1.29, 1.82) is 0 Å². The van der Waals surface area contributed by atoms with Crippen molar-refractivity contribution in [1.82, 2.24) is 14.9 Å². The Morgan fingerprint density at radius 2 is 2.00 bits per heavy atom. The van der Waals surface area contributed by atoms with Gasteiger partial charge in [-0.2, -0.15) is 14.9 Å². The molecule has 0 aliphatic rings. The van der Waals surface area contributed by atoms with Gasteiger partial charge in [0, 0.05) is 5.56 Å². The van der Waals surface area contributed by atoms with Gasteiger partial charge in [-0.1, -0.05) is 30.3 Å². The molecule has 0 aliphatic heterocycles. The van der Waals surface area contributed by atoms with Gasteiger partial charge in [0.2, 0.25) is 4.77 Å². The minimum atomic E-state index is -1.03. The second-order valence-electron chi connectivity index (χ2n) is 5.00. The van der Waals surface area contributed by atoms with Crippen LogP contribution in [0.15, 0.2) is 53.6 Å². The highest BCUT2D eigenvalue weighted by molar-refractivity contribution is 7.71. The lowest BCUT2D eigenvalue weighted by molar-refractivity contribution is 0.0697. The summed E-state index contributed by atoms with van der Waals surface area (Å²) in [4.78, 5) is 11.3. The third-order valence-corrected chi connectivity index (χ3v) is 3.77. The molecule has 0 radical (unpaired) electrons. The van der Waals surface area contributed by atoms with Crippen molar-refractivity contribution < 1.29 is 14.6 Å². The molecule has 0 saturated heterocycles. The number of hydrogen-bond acceptors (Lipinski definition) is 5. The Bertz CT molecular complexity index is 1010. The van der Waals surface area contributed by atoms with E-state index in [9.17, 15) is 9.90 Å². The molecule has 0 spiro atoms. The van der Waals surface area contributed by atoms with Crippen LogP contribution in [0.3, 0.4) is 0 Å². The minimum Gasteiger partial charge on any atom is -0.496 e. The average molecular weight is 354 g/mol. The van der Waals surface area contributed by atoms with Crippen LogP contribution >= 0.6 is 12.2 Å². The SMILES string of the molecule is COc1ccccc1-c1n[nH]c(=S)n1/N=C/c1ccccc1C(=O)O. The number of aromatic amines is 1. The fourth-order valence-electron chi connectivity index (χ4n) is 2.33. The summed E-state index contributed by atoms with van der Waals surface area (Å²) in [5, 5.41) is 20.5. The van der Waals surface area contributed by atoms with Gasteiger partial charge >= 0.3 is 5.97 Å². The maximum atomic E-state index is 11.3. The lowest BCUT2D eigenvalue weighted by atomic mass is 10.1. The van der Waals surface area contributed by atoms with E-state index in [1.54, 1.807) is 31.4 Å². The highest BCUT2D eigenvalue weighted by Crippen LogP contribution is 2.28. The molecule has 0 fully saturated rings. The zero-order valence-corrected chi connectivity index (χ0v) is 14.0. The third-order valence-electron chi connectivity index (χ3n) is 3.50. The first-order valence-corrected chi connectivity index (χ1v) is 7.70. The molecule has 2 N–H and O–H groups in total. The number of para-hydroxylation sites is 1. The predicted octanol–water partition coefficient (Wildman–Crippen LogP) is 3.20. The lowest BCUT2D eigenvalue weighted by Gasteiger charge is -2.07. The van der Waals surface area contributed by atoms with Gasteiger partial charge in [0.25, 0.3) is 0 Å². The number of H-pyrrole nitrogens is 1. The van der Waals surface area contributed by atoms with E-state index in [-0.39, 0.29) is 10.3 Å². The van der Waals surface area contributed by atoms with Crippen LogP contribution in [0.25, 0.3) is 11.4 Å². The van der Waals surface area contributed by atoms with Crippen LogP contribution in [-0.2, 0) is 0 Å². The van der Waals surface area contributed by atoms with E-state index in [1.807, 2.05) is 18.2 Å². The first-order valence-electron chi connectivity index (χ1n) is 7.29. The molecule has 2 aromatic carbocycles. The number of benzene rings is 2. The number of aromatic nitrogens is 3. The summed E-state index contributed by atoms with van der Waals surface area (Å²) >= 11 is 5.23. The number of methoxy groups -OCH3 is 1. The quantitative estimate of drug-likeness (QED) is 0.542. The van der Waals surface area contributed by atoms with Crippen molar-refractivity contribution in [2.24, 2.45) is 5.10 Å². The maximum Gasteiger partial charge on any atom is 0.336 e. The Kier molecular flexibility index (Phi) is 4.71. The van der Waals surface area contributed by atoms with Crippen molar-refractivity contribution in [3.8, 4) is 17.1 Å². The number of nitrogens with one attached hydrogen (secondary N) is 1. The summed E-state index contributed by atoms with van der Waals surface area (Å²) in [5.74, 6) is 0.0631. The van der Waals surface area contributed by atoms with Crippen molar-refractivity contribution in [3.05, 3.63) is 64.4 Å². The van der Waals surface area contributed by atoms with Gasteiger partial charge in [-0.3, -0.25) is 0 Å². The van der Waals surface area contributed by atoms with Gasteiger partial charge in [0.05, 0.1) is 24.5 Å². The fraction of sp³-hybridized carbons (Fsp3) is 0.0588. The van der Waals surface area contributed by atoms with Crippen molar-refractivity contribution in [2.75, 3.05) is 7.11 Å². The number of carbonyl (C=O) groups is 1. The number of carboxylic acids is 1. The van der Waals surface area contributed by atoms with Gasteiger partial charge in [-0.25, -0.2) is 9.89 Å². The molecule has 126 valence electrons. The number of ether oxygens (including phenoxy) is 1. The molecule has 0 aliphatic carbocycles. The van der Waals surface area contributed by atoms with Gasteiger partial charge in [0.1, 0.15) is 5.75 Å². The van der Waals surface area contributed by atoms with Gasteiger partial charge < -0.3 is 9.84 Å². The first-order chi connectivity index (χ1) is 12.1. The summed E-state index contributed by atoms with van der Waals surface area (Å²) in [6.45, 7) is 0. The molecule has 0 atom stereocenters. The summed E-state index contributed by atoms with van der Waals surface area (Å²) in [7, 11) is 1.57. The summed E-state index contributed by atoms with van der Waals surface area (Å²) < 4.78 is 7.05. The number of aromatic carboxylic acids is 1. The van der Waals surface area contributed by atoms with Crippen molar-refractivity contribution in [2.45, 2.75) is 0 Å². The fourth-order valence-corrected chi connectivity index (χ4v) is 2.51. The second-order valence-corrected chi connectivity index (χ2v) is 5.39. The molecule has 3 aromatic rings. The van der Waals surface area contributed by atoms with Crippen molar-refractivity contribution >= 4 is 24.4 Å². The molecule has 1 heterocycles. The van der Waals surface area contributed by atoms with Crippen LogP contribution in [0.4, 0.5) is 0 Å². The topological polar surface area (TPSA) is 92.5 Å². The summed E-state index contributed by atoms with van der Waals surface area (Å²) in [6.07, 6.45) is 1.44. The van der Waals surface area contributed by atoms with E-state index < -0.39 is 5.97 Å². The highest BCUT2D eigenvalue weighted by atomic mass is 32.1. The summed E-state index contributed by atoms with van der Waals surface area (Å²) in [6, 6.07) is 13.9. The Hall–Kier alpha value is -3.26. The molecule has 25 heavy (non-hydrogen) atoms. The average Bonchev–Trinajstić information content (AvgIpc) is 3.00. The molecule has 0 amide bonds. The van der Waals surface area contributed by atoms with Gasteiger partial charge in [-0.05, 0) is 30.4 Å². The molecule has 7 nitrogen and oxygen atoms in total. The maximum absolute atomic E-state index is 11.3. The molecule has 8 heteroatoms. The van der Waals surface area contributed by atoms with Gasteiger partial charge in [-0.15, -0.1) is 0 Å². The van der Waals surface area contributed by atoms with Crippen LogP contribution < -0.4 is 4.74 Å². The zero-order chi connectivity index (χ0) is 17.8. The monoisotopic (exact) mass is 354 g/mol. The molecular formula is C17H14N4O3S. The Morgan fingerprint density at radius 1 is 1.28 bits per heavy atom. The number of carboxylic acid groups (broad SMARTS) is 1. The normalized spacial score (nSPS) is 10.9. The van der Waals surface area contributed by atoms with E-state index >= 15 is 0 Å². The zero-order valence-electron chi connectivity index (χ0n) is 13.2. The standard InChI is InChI=1S/C17H14N4O3S/c1-24-14-9-5-4-8-13(14)15-19-20-17(25)21(15)18-10-11-6-2-3-7-12(11)16(22)23/h2-10H,1H3,(H,20,25)(H,22,23)/b18-10+. The number of rotatable bonds is 5. The first kappa shape index (κ1) is 16.6. The highest BCUT2D eigenvalue weighted by Gasteiger charge is 2.13. The molecular weight excluding hydrogens is 340 g/mol. The largest absolute Gasteiger partial charge is 0.496 e. The Morgan fingerprint density at radius 3 is 2.76 bits per heavy atom. The third kappa shape index (κ3) is 3.33. The van der Waals surface area contributed by atoms with Crippen LogP contribution in [0.2, 0.25) is 0 Å². The predicted molar refractivity (Wildman–Crippen MR) is 95.8 cm³/mol. The molecule has 0 saturated carbocycles. The van der Waals surface area contributed by atoms with E-state index in [0.717, 1.165) is 0 Å². The molecule has 0 unspecified atom stereocenters. The van der Waals surface area contributed by atoms with Crippen LogP contribution in [-0.4, -0.2) is 39.3 Å². The molecule has 0 bridgehead atoms. The van der Waals surface area contributed by atoms with E-state index in [1.165, 1.54) is 17.0 Å². The number of nitrogens with zero attached hydrogens (tertiary/aromatic N) is 3. The Labute approximate surface area is 148 Å². The van der Waals surface area contributed by atoms with Gasteiger partial charge in [0.15, 0.2) is 5.82 Å². The lowest BCUT2D eigenvalue weighted by Crippen LogP contribution is -2.03. The van der Waals surface area contributed by atoms with E-state index in [0.29, 0.717) is 22.7 Å². The molecule has 1 aromatic heterocycles. The Balaban J connectivity index is 2.07. The van der Waals surface area contributed by atoms with E-state index in [2.05, 4.69) is 15.3 Å². The second kappa shape index (κ2) is 7.10. The number of hydrogen-bond donors (Lipinski definition) is 2.